The Labute approximate surface area is 143 Å². The van der Waals surface area contributed by atoms with Gasteiger partial charge < -0.3 is 14.8 Å². The van der Waals surface area contributed by atoms with Gasteiger partial charge in [0.15, 0.2) is 17.3 Å². The van der Waals surface area contributed by atoms with Crippen LogP contribution in [0.15, 0.2) is 48.8 Å². The topological polar surface area (TPSA) is 102 Å². The van der Waals surface area contributed by atoms with Gasteiger partial charge in [-0.25, -0.2) is 4.98 Å². The Kier molecular flexibility index (Phi) is 3.99. The van der Waals surface area contributed by atoms with Gasteiger partial charge in [0, 0.05) is 30.9 Å². The number of H-pyrrole nitrogens is 1. The molecule has 0 unspecified atom stereocenters. The fraction of sp³-hybridized carbons (Fsp3) is 0.176. The van der Waals surface area contributed by atoms with Crippen LogP contribution >= 0.6 is 0 Å². The molecule has 3 aromatic rings. The smallest absolute Gasteiger partial charge is 0.321 e. The molecule has 0 radical (unpaired) electrons. The Balaban J connectivity index is 1.29. The number of amides is 1. The van der Waals surface area contributed by atoms with Gasteiger partial charge >= 0.3 is 12.2 Å². The molecule has 2 N–H and O–H groups in total. The zero-order valence-electron chi connectivity index (χ0n) is 13.2. The summed E-state index contributed by atoms with van der Waals surface area (Å²) in [4.78, 5) is 20.5. The van der Waals surface area contributed by atoms with Gasteiger partial charge in [0.05, 0.1) is 0 Å². The average Bonchev–Trinajstić information content (AvgIpc) is 3.29. The molecule has 0 fully saturated rings. The summed E-state index contributed by atoms with van der Waals surface area (Å²) in [6, 6.07) is 10.8. The van der Waals surface area contributed by atoms with Crippen LogP contribution in [0, 0.1) is 0 Å². The van der Waals surface area contributed by atoms with E-state index in [1.54, 1.807) is 24.5 Å². The van der Waals surface area contributed by atoms with Crippen molar-refractivity contribution in [2.24, 2.45) is 0 Å². The van der Waals surface area contributed by atoms with Gasteiger partial charge in [0.25, 0.3) is 0 Å². The van der Waals surface area contributed by atoms with Gasteiger partial charge in [-0.2, -0.15) is 5.10 Å². The number of ether oxygens (including phenoxy) is 2. The molecule has 0 bridgehead atoms. The third-order valence-corrected chi connectivity index (χ3v) is 3.66. The molecule has 0 aliphatic carbocycles. The second-order valence-electron chi connectivity index (χ2n) is 5.40. The lowest BCUT2D eigenvalue weighted by molar-refractivity contribution is -0.136. The number of pyridine rings is 1. The maximum Gasteiger partial charge on any atom is 0.321 e. The summed E-state index contributed by atoms with van der Waals surface area (Å²) in [6.45, 7) is 0.392. The van der Waals surface area contributed by atoms with E-state index in [4.69, 9.17) is 9.47 Å². The number of hydrogen-bond donors (Lipinski definition) is 2. The van der Waals surface area contributed by atoms with Crippen molar-refractivity contribution in [1.29, 1.82) is 0 Å². The Bertz CT molecular complexity index is 856. The number of rotatable bonds is 5. The van der Waals surface area contributed by atoms with Crippen molar-refractivity contribution in [2.45, 2.75) is 12.7 Å². The van der Waals surface area contributed by atoms with E-state index in [1.807, 2.05) is 24.3 Å². The van der Waals surface area contributed by atoms with Crippen LogP contribution in [0.2, 0.25) is 0 Å². The maximum absolute atomic E-state index is 12.1. The predicted molar refractivity (Wildman–Crippen MR) is 87.8 cm³/mol. The Hall–Kier alpha value is -3.42. The zero-order valence-corrected chi connectivity index (χ0v) is 13.2. The van der Waals surface area contributed by atoms with E-state index in [0.29, 0.717) is 36.1 Å². The summed E-state index contributed by atoms with van der Waals surface area (Å²) >= 11 is 0. The quantitative estimate of drug-likeness (QED) is 0.728. The van der Waals surface area contributed by atoms with Crippen LogP contribution in [0.1, 0.15) is 5.82 Å². The third-order valence-electron chi connectivity index (χ3n) is 3.66. The molecular weight excluding hydrogens is 322 g/mol. The monoisotopic (exact) mass is 337 g/mol. The van der Waals surface area contributed by atoms with Crippen LogP contribution in [-0.4, -0.2) is 38.9 Å². The molecule has 3 heterocycles. The van der Waals surface area contributed by atoms with Crippen molar-refractivity contribution in [2.75, 3.05) is 6.54 Å². The number of para-hydroxylation sites is 2. The third kappa shape index (κ3) is 3.27. The molecule has 8 heteroatoms. The van der Waals surface area contributed by atoms with Gasteiger partial charge in [0.1, 0.15) is 5.82 Å². The summed E-state index contributed by atoms with van der Waals surface area (Å²) in [6.07, 6.45) is 2.93. The molecular formula is C17H15N5O3. The molecule has 0 saturated carbocycles. The first-order valence-corrected chi connectivity index (χ1v) is 7.81. The second kappa shape index (κ2) is 6.60. The highest BCUT2D eigenvalue weighted by Crippen LogP contribution is 2.33. The van der Waals surface area contributed by atoms with Gasteiger partial charge in [-0.15, -0.1) is 0 Å². The Morgan fingerprint density at radius 1 is 1.12 bits per heavy atom. The SMILES string of the molecule is O=C(NCCc1nc(-c2ccncc2)n[nH]1)C1Oc2ccccc2O1. The first kappa shape index (κ1) is 15.1. The van der Waals surface area contributed by atoms with Crippen LogP contribution in [0.4, 0.5) is 0 Å². The highest BCUT2D eigenvalue weighted by Gasteiger charge is 2.30. The van der Waals surface area contributed by atoms with Crippen LogP contribution in [0.25, 0.3) is 11.4 Å². The molecule has 0 atom stereocenters. The molecule has 1 amide bonds. The number of nitrogens with zero attached hydrogens (tertiary/aromatic N) is 3. The number of aromatic amines is 1. The first-order chi connectivity index (χ1) is 12.3. The largest absolute Gasteiger partial charge is 0.442 e. The Morgan fingerprint density at radius 3 is 2.56 bits per heavy atom. The number of fused-ring (bicyclic) bond motifs is 1. The summed E-state index contributed by atoms with van der Waals surface area (Å²) in [5, 5.41) is 9.80. The van der Waals surface area contributed by atoms with E-state index in [9.17, 15) is 4.79 Å². The molecule has 2 aromatic heterocycles. The first-order valence-electron chi connectivity index (χ1n) is 7.81. The van der Waals surface area contributed by atoms with Crippen molar-refractivity contribution >= 4 is 5.91 Å². The second-order valence-corrected chi connectivity index (χ2v) is 5.40. The number of hydrogen-bond acceptors (Lipinski definition) is 6. The molecule has 1 aliphatic heterocycles. The summed E-state index contributed by atoms with van der Waals surface area (Å²) in [5.74, 6) is 2.09. The molecule has 4 rings (SSSR count). The number of nitrogens with one attached hydrogen (secondary N) is 2. The number of carbonyl (C=O) groups excluding carboxylic acids is 1. The lowest BCUT2D eigenvalue weighted by Gasteiger charge is -2.10. The fourth-order valence-corrected chi connectivity index (χ4v) is 2.43. The van der Waals surface area contributed by atoms with Crippen LogP contribution < -0.4 is 14.8 Å². The number of benzene rings is 1. The average molecular weight is 337 g/mol. The van der Waals surface area contributed by atoms with Crippen LogP contribution in [0.3, 0.4) is 0 Å². The molecule has 0 saturated heterocycles. The van der Waals surface area contributed by atoms with Crippen molar-refractivity contribution < 1.29 is 14.3 Å². The van der Waals surface area contributed by atoms with E-state index in [0.717, 1.165) is 5.56 Å². The lowest BCUT2D eigenvalue weighted by atomic mass is 10.2. The fourth-order valence-electron chi connectivity index (χ4n) is 2.43. The standard InChI is InChI=1S/C17H15N5O3/c23-16(17-24-12-3-1-2-4-13(12)25-17)19-10-7-14-20-15(22-21-14)11-5-8-18-9-6-11/h1-6,8-9,17H,7,10H2,(H,19,23)(H,20,21,22). The van der Waals surface area contributed by atoms with Crippen LogP contribution in [0.5, 0.6) is 11.5 Å². The Morgan fingerprint density at radius 2 is 1.84 bits per heavy atom. The van der Waals surface area contributed by atoms with Crippen LogP contribution in [-0.2, 0) is 11.2 Å². The predicted octanol–water partition coefficient (Wildman–Crippen LogP) is 1.32. The number of aromatic nitrogens is 4. The lowest BCUT2D eigenvalue weighted by Crippen LogP contribution is -2.40. The van der Waals surface area contributed by atoms with E-state index in [1.165, 1.54) is 0 Å². The molecule has 8 nitrogen and oxygen atoms in total. The van der Waals surface area contributed by atoms with Crippen molar-refractivity contribution in [3.8, 4) is 22.9 Å². The van der Waals surface area contributed by atoms with Gasteiger partial charge in [-0.05, 0) is 24.3 Å². The summed E-state index contributed by atoms with van der Waals surface area (Å²) < 4.78 is 10.9. The minimum Gasteiger partial charge on any atom is -0.442 e. The highest BCUT2D eigenvalue weighted by atomic mass is 16.7. The normalized spacial score (nSPS) is 13.0. The van der Waals surface area contributed by atoms with E-state index in [-0.39, 0.29) is 5.91 Å². The molecule has 1 aromatic carbocycles. The van der Waals surface area contributed by atoms with E-state index < -0.39 is 6.29 Å². The summed E-state index contributed by atoms with van der Waals surface area (Å²) in [5.41, 5.74) is 0.882. The zero-order chi connectivity index (χ0) is 17.1. The summed E-state index contributed by atoms with van der Waals surface area (Å²) in [7, 11) is 0. The number of carbonyl (C=O) groups is 1. The molecule has 126 valence electrons. The molecule has 1 aliphatic rings. The van der Waals surface area contributed by atoms with E-state index in [2.05, 4.69) is 25.5 Å². The van der Waals surface area contributed by atoms with Gasteiger partial charge in [-0.1, -0.05) is 12.1 Å². The minimum atomic E-state index is -0.959. The highest BCUT2D eigenvalue weighted by molar-refractivity contribution is 5.81. The minimum absolute atomic E-state index is 0.329. The van der Waals surface area contributed by atoms with Gasteiger partial charge in [0.2, 0.25) is 0 Å². The van der Waals surface area contributed by atoms with E-state index >= 15 is 0 Å². The van der Waals surface area contributed by atoms with Gasteiger partial charge in [-0.3, -0.25) is 14.9 Å². The van der Waals surface area contributed by atoms with Crippen molar-refractivity contribution in [1.82, 2.24) is 25.5 Å². The molecule has 0 spiro atoms. The van der Waals surface area contributed by atoms with Crippen molar-refractivity contribution in [3.63, 3.8) is 0 Å². The maximum atomic E-state index is 12.1. The van der Waals surface area contributed by atoms with Crippen molar-refractivity contribution in [3.05, 3.63) is 54.6 Å². The molecule has 25 heavy (non-hydrogen) atoms.